The van der Waals surface area contributed by atoms with E-state index >= 15 is 0 Å². The maximum atomic E-state index is 11.5. The number of aryl methyl sites for hydroxylation is 2. The molecule has 0 fully saturated rings. The van der Waals surface area contributed by atoms with Gasteiger partial charge in [0, 0.05) is 5.69 Å². The summed E-state index contributed by atoms with van der Waals surface area (Å²) < 4.78 is 0. The van der Waals surface area contributed by atoms with Gasteiger partial charge in [-0.3, -0.25) is 9.59 Å². The van der Waals surface area contributed by atoms with Crippen LogP contribution in [0, 0.1) is 13.8 Å². The second-order valence-electron chi connectivity index (χ2n) is 4.25. The van der Waals surface area contributed by atoms with Crippen molar-refractivity contribution in [3.05, 3.63) is 29.3 Å². The molecule has 18 heavy (non-hydrogen) atoms. The highest BCUT2D eigenvalue weighted by Crippen LogP contribution is 2.18. The maximum absolute atomic E-state index is 11.5. The zero-order chi connectivity index (χ0) is 13.7. The Morgan fingerprint density at radius 2 is 1.83 bits per heavy atom. The fraction of sp³-hybridized carbons (Fsp3) is 0.385. The first-order chi connectivity index (χ1) is 8.41. The fourth-order valence-corrected chi connectivity index (χ4v) is 1.62. The van der Waals surface area contributed by atoms with Crippen LogP contribution >= 0.6 is 0 Å². The SMILES string of the molecule is Cc1cccc(C)c1NCC(=O)N[C@@H](C)C(=O)O. The highest BCUT2D eigenvalue weighted by atomic mass is 16.4. The van der Waals surface area contributed by atoms with Crippen LogP contribution in [0.4, 0.5) is 5.69 Å². The third kappa shape index (κ3) is 3.76. The van der Waals surface area contributed by atoms with Crippen LogP contribution in [0.5, 0.6) is 0 Å². The molecule has 0 aromatic heterocycles. The highest BCUT2D eigenvalue weighted by molar-refractivity contribution is 5.86. The largest absolute Gasteiger partial charge is 0.480 e. The average molecular weight is 250 g/mol. The van der Waals surface area contributed by atoms with Gasteiger partial charge in [-0.1, -0.05) is 18.2 Å². The van der Waals surface area contributed by atoms with Crippen LogP contribution < -0.4 is 10.6 Å². The zero-order valence-corrected chi connectivity index (χ0v) is 10.8. The van der Waals surface area contributed by atoms with E-state index in [0.717, 1.165) is 16.8 Å². The molecular weight excluding hydrogens is 232 g/mol. The van der Waals surface area contributed by atoms with Crippen LogP contribution in [-0.2, 0) is 9.59 Å². The zero-order valence-electron chi connectivity index (χ0n) is 10.8. The van der Waals surface area contributed by atoms with Gasteiger partial charge in [-0.2, -0.15) is 0 Å². The molecule has 0 bridgehead atoms. The molecule has 0 saturated carbocycles. The third-order valence-corrected chi connectivity index (χ3v) is 2.65. The monoisotopic (exact) mass is 250 g/mol. The van der Waals surface area contributed by atoms with E-state index in [-0.39, 0.29) is 12.5 Å². The number of carboxylic acids is 1. The number of anilines is 1. The van der Waals surface area contributed by atoms with E-state index in [9.17, 15) is 9.59 Å². The maximum Gasteiger partial charge on any atom is 0.325 e. The predicted octanol–water partition coefficient (Wildman–Crippen LogP) is 1.30. The summed E-state index contributed by atoms with van der Waals surface area (Å²) in [4.78, 5) is 22.1. The van der Waals surface area contributed by atoms with Crippen molar-refractivity contribution in [3.8, 4) is 0 Å². The van der Waals surface area contributed by atoms with Gasteiger partial charge in [0.15, 0.2) is 0 Å². The molecule has 0 aliphatic carbocycles. The number of hydrogen-bond acceptors (Lipinski definition) is 3. The molecule has 0 unspecified atom stereocenters. The lowest BCUT2D eigenvalue weighted by molar-refractivity contribution is -0.141. The topological polar surface area (TPSA) is 78.4 Å². The first kappa shape index (κ1) is 14.0. The van der Waals surface area contributed by atoms with Gasteiger partial charge >= 0.3 is 5.97 Å². The van der Waals surface area contributed by atoms with Crippen molar-refractivity contribution in [2.75, 3.05) is 11.9 Å². The standard InChI is InChI=1S/C13H18N2O3/c1-8-5-4-6-9(2)12(8)14-7-11(16)15-10(3)13(17)18/h4-6,10,14H,7H2,1-3H3,(H,15,16)(H,17,18)/t10-/m0/s1. The summed E-state index contributed by atoms with van der Waals surface area (Å²) in [5.74, 6) is -1.39. The first-order valence-electron chi connectivity index (χ1n) is 5.74. The third-order valence-electron chi connectivity index (χ3n) is 2.65. The number of carbonyl (C=O) groups excluding carboxylic acids is 1. The molecule has 3 N–H and O–H groups in total. The Labute approximate surface area is 106 Å². The normalized spacial score (nSPS) is 11.7. The number of hydrogen-bond donors (Lipinski definition) is 3. The van der Waals surface area contributed by atoms with E-state index in [1.54, 1.807) is 0 Å². The second kappa shape index (κ2) is 6.05. The number of rotatable bonds is 5. The predicted molar refractivity (Wildman–Crippen MR) is 69.6 cm³/mol. The van der Waals surface area contributed by atoms with Gasteiger partial charge in [-0.25, -0.2) is 0 Å². The van der Waals surface area contributed by atoms with E-state index in [1.807, 2.05) is 32.0 Å². The van der Waals surface area contributed by atoms with E-state index in [1.165, 1.54) is 6.92 Å². The van der Waals surface area contributed by atoms with E-state index in [0.29, 0.717) is 0 Å². The van der Waals surface area contributed by atoms with Gasteiger partial charge < -0.3 is 15.7 Å². The van der Waals surface area contributed by atoms with Gasteiger partial charge in [-0.15, -0.1) is 0 Å². The Kier molecular flexibility index (Phi) is 4.71. The Hall–Kier alpha value is -2.04. The number of benzene rings is 1. The molecule has 5 heteroatoms. The van der Waals surface area contributed by atoms with Crippen molar-refractivity contribution in [1.82, 2.24) is 5.32 Å². The molecule has 0 aliphatic rings. The summed E-state index contributed by atoms with van der Waals surface area (Å²) >= 11 is 0. The molecule has 1 aromatic rings. The molecule has 5 nitrogen and oxygen atoms in total. The second-order valence-corrected chi connectivity index (χ2v) is 4.25. The molecule has 1 rings (SSSR count). The van der Waals surface area contributed by atoms with Gasteiger partial charge in [0.1, 0.15) is 6.04 Å². The number of nitrogens with one attached hydrogen (secondary N) is 2. The first-order valence-corrected chi connectivity index (χ1v) is 5.74. The van der Waals surface area contributed by atoms with Crippen LogP contribution in [-0.4, -0.2) is 29.6 Å². The fourth-order valence-electron chi connectivity index (χ4n) is 1.62. The molecular formula is C13H18N2O3. The molecule has 0 spiro atoms. The number of carboxylic acid groups (broad SMARTS) is 1. The summed E-state index contributed by atoms with van der Waals surface area (Å²) in [6, 6.07) is 4.97. The Balaban J connectivity index is 2.55. The molecule has 0 radical (unpaired) electrons. The van der Waals surface area contributed by atoms with Gasteiger partial charge in [0.25, 0.3) is 0 Å². The van der Waals surface area contributed by atoms with Gasteiger partial charge in [0.05, 0.1) is 6.54 Å². The lowest BCUT2D eigenvalue weighted by atomic mass is 10.1. The van der Waals surface area contributed by atoms with Crippen molar-refractivity contribution in [3.63, 3.8) is 0 Å². The van der Waals surface area contributed by atoms with Crippen LogP contribution in [0.25, 0.3) is 0 Å². The molecule has 1 amide bonds. The van der Waals surface area contributed by atoms with Crippen LogP contribution in [0.3, 0.4) is 0 Å². The molecule has 0 aliphatic heterocycles. The van der Waals surface area contributed by atoms with E-state index in [2.05, 4.69) is 10.6 Å². The minimum atomic E-state index is -1.05. The number of amides is 1. The summed E-state index contributed by atoms with van der Waals surface area (Å²) in [5, 5.41) is 14.1. The van der Waals surface area contributed by atoms with Gasteiger partial charge in [0.2, 0.25) is 5.91 Å². The molecule has 0 heterocycles. The number of aliphatic carboxylic acids is 1. The number of carbonyl (C=O) groups is 2. The summed E-state index contributed by atoms with van der Waals surface area (Å²) in [6.45, 7) is 5.39. The summed E-state index contributed by atoms with van der Waals surface area (Å²) in [5.41, 5.74) is 3.01. The van der Waals surface area contributed by atoms with Crippen LogP contribution in [0.15, 0.2) is 18.2 Å². The quantitative estimate of drug-likeness (QED) is 0.736. The Bertz CT molecular complexity index is 437. The van der Waals surface area contributed by atoms with Crippen molar-refractivity contribution in [2.45, 2.75) is 26.8 Å². The summed E-state index contributed by atoms with van der Waals surface area (Å²) in [7, 11) is 0. The molecule has 0 saturated heterocycles. The Morgan fingerprint density at radius 1 is 1.28 bits per heavy atom. The lowest BCUT2D eigenvalue weighted by Gasteiger charge is -2.13. The lowest BCUT2D eigenvalue weighted by Crippen LogP contribution is -2.41. The van der Waals surface area contributed by atoms with Gasteiger partial charge in [-0.05, 0) is 31.9 Å². The smallest absolute Gasteiger partial charge is 0.325 e. The number of para-hydroxylation sites is 1. The summed E-state index contributed by atoms with van der Waals surface area (Å²) in [6.07, 6.45) is 0. The molecule has 1 atom stereocenters. The van der Waals surface area contributed by atoms with Crippen molar-refractivity contribution >= 4 is 17.6 Å². The highest BCUT2D eigenvalue weighted by Gasteiger charge is 2.13. The van der Waals surface area contributed by atoms with E-state index < -0.39 is 12.0 Å². The average Bonchev–Trinajstić information content (AvgIpc) is 2.28. The Morgan fingerprint density at radius 3 is 2.33 bits per heavy atom. The van der Waals surface area contributed by atoms with Crippen LogP contribution in [0.2, 0.25) is 0 Å². The van der Waals surface area contributed by atoms with Crippen molar-refractivity contribution in [2.24, 2.45) is 0 Å². The van der Waals surface area contributed by atoms with Crippen LogP contribution in [0.1, 0.15) is 18.1 Å². The molecule has 1 aromatic carbocycles. The molecule has 98 valence electrons. The van der Waals surface area contributed by atoms with Crippen molar-refractivity contribution in [1.29, 1.82) is 0 Å². The minimum absolute atomic E-state index is 0.0588. The van der Waals surface area contributed by atoms with Crippen molar-refractivity contribution < 1.29 is 14.7 Å². The van der Waals surface area contributed by atoms with E-state index in [4.69, 9.17) is 5.11 Å². The minimum Gasteiger partial charge on any atom is -0.480 e.